The van der Waals surface area contributed by atoms with Crippen molar-refractivity contribution in [2.24, 2.45) is 0 Å². The Morgan fingerprint density at radius 3 is 2.38 bits per heavy atom. The van der Waals surface area contributed by atoms with Gasteiger partial charge in [-0.2, -0.15) is 13.2 Å². The van der Waals surface area contributed by atoms with E-state index < -0.39 is 30.2 Å². The predicted octanol–water partition coefficient (Wildman–Crippen LogP) is 3.64. The van der Waals surface area contributed by atoms with Crippen LogP contribution >= 0.6 is 11.6 Å². The van der Waals surface area contributed by atoms with E-state index in [1.165, 1.54) is 0 Å². The first kappa shape index (κ1) is 10.5. The van der Waals surface area contributed by atoms with Crippen LogP contribution in [-0.2, 0) is 0 Å². The summed E-state index contributed by atoms with van der Waals surface area (Å²) in [6.45, 7) is 0. The molecule has 0 saturated carbocycles. The molecule has 6 heteroatoms. The van der Waals surface area contributed by atoms with Gasteiger partial charge in [-0.3, -0.25) is 0 Å². The van der Waals surface area contributed by atoms with E-state index in [1.54, 1.807) is 0 Å². The van der Waals surface area contributed by atoms with Crippen LogP contribution in [0, 0.1) is 0 Å². The van der Waals surface area contributed by atoms with Crippen LogP contribution in [-0.4, -0.2) is 12.3 Å². The SMILES string of the molecule is FC1=C(C(F)(F)F)C=C(Cl)CC1F. The van der Waals surface area contributed by atoms with Crippen molar-refractivity contribution >= 4 is 11.6 Å². The molecule has 1 aliphatic rings. The third-order valence-corrected chi connectivity index (χ3v) is 1.78. The molecule has 0 bridgehead atoms. The summed E-state index contributed by atoms with van der Waals surface area (Å²) >= 11 is 5.20. The van der Waals surface area contributed by atoms with E-state index in [9.17, 15) is 22.0 Å². The number of alkyl halides is 4. The van der Waals surface area contributed by atoms with Gasteiger partial charge in [0.2, 0.25) is 0 Å². The van der Waals surface area contributed by atoms with Crippen molar-refractivity contribution in [3.05, 3.63) is 22.5 Å². The molecule has 1 atom stereocenters. The molecular weight excluding hydrogens is 215 g/mol. The Hall–Kier alpha value is -0.580. The first-order chi connectivity index (χ1) is 5.82. The minimum Gasteiger partial charge on any atom is -0.239 e. The van der Waals surface area contributed by atoms with Gasteiger partial charge in [0.25, 0.3) is 0 Å². The Morgan fingerprint density at radius 2 is 1.92 bits per heavy atom. The van der Waals surface area contributed by atoms with Crippen molar-refractivity contribution in [3.63, 3.8) is 0 Å². The van der Waals surface area contributed by atoms with Crippen LogP contribution in [0.3, 0.4) is 0 Å². The van der Waals surface area contributed by atoms with Crippen LogP contribution < -0.4 is 0 Å². The summed E-state index contributed by atoms with van der Waals surface area (Å²) in [5.41, 5.74) is -1.63. The van der Waals surface area contributed by atoms with Gasteiger partial charge in [-0.25, -0.2) is 8.78 Å². The van der Waals surface area contributed by atoms with Crippen molar-refractivity contribution in [3.8, 4) is 0 Å². The predicted molar refractivity (Wildman–Crippen MR) is 37.6 cm³/mol. The van der Waals surface area contributed by atoms with Gasteiger partial charge in [0.15, 0.2) is 6.17 Å². The van der Waals surface area contributed by atoms with E-state index in [2.05, 4.69) is 0 Å². The Bertz CT molecular complexity index is 275. The number of rotatable bonds is 0. The third kappa shape index (κ3) is 2.21. The number of halogens is 6. The van der Waals surface area contributed by atoms with E-state index >= 15 is 0 Å². The van der Waals surface area contributed by atoms with Crippen molar-refractivity contribution in [2.45, 2.75) is 18.8 Å². The van der Waals surface area contributed by atoms with Gasteiger partial charge in [0.1, 0.15) is 5.83 Å². The highest BCUT2D eigenvalue weighted by atomic mass is 35.5. The normalized spacial score (nSPS) is 24.8. The lowest BCUT2D eigenvalue weighted by Gasteiger charge is -2.17. The Balaban J connectivity index is 3.12. The quantitative estimate of drug-likeness (QED) is 0.545. The molecule has 0 nitrogen and oxygen atoms in total. The Kier molecular flexibility index (Phi) is 2.66. The summed E-state index contributed by atoms with van der Waals surface area (Å²) in [6.07, 6.45) is -7.30. The van der Waals surface area contributed by atoms with Crippen LogP contribution in [0.15, 0.2) is 22.5 Å². The molecule has 0 amide bonds. The maximum Gasteiger partial charge on any atom is 0.419 e. The molecule has 0 aromatic heterocycles. The summed E-state index contributed by atoms with van der Waals surface area (Å²) < 4.78 is 61.1. The highest BCUT2D eigenvalue weighted by Crippen LogP contribution is 2.38. The molecule has 0 N–H and O–H groups in total. The zero-order valence-electron chi connectivity index (χ0n) is 6.13. The summed E-state index contributed by atoms with van der Waals surface area (Å²) in [6, 6.07) is 0. The summed E-state index contributed by atoms with van der Waals surface area (Å²) in [5.74, 6) is -1.79. The summed E-state index contributed by atoms with van der Waals surface area (Å²) in [7, 11) is 0. The number of allylic oxidation sites excluding steroid dienone is 4. The second kappa shape index (κ2) is 3.29. The van der Waals surface area contributed by atoms with Gasteiger partial charge in [-0.15, -0.1) is 0 Å². The molecule has 1 rings (SSSR count). The lowest BCUT2D eigenvalue weighted by Crippen LogP contribution is -2.19. The summed E-state index contributed by atoms with van der Waals surface area (Å²) in [4.78, 5) is 0. The van der Waals surface area contributed by atoms with Gasteiger partial charge in [0.05, 0.1) is 5.57 Å². The molecule has 1 unspecified atom stereocenters. The van der Waals surface area contributed by atoms with Crippen LogP contribution in [0.25, 0.3) is 0 Å². The second-order valence-corrected chi connectivity index (χ2v) is 3.01. The highest BCUT2D eigenvalue weighted by Gasteiger charge is 2.40. The second-order valence-electron chi connectivity index (χ2n) is 2.52. The fourth-order valence-corrected chi connectivity index (χ4v) is 1.18. The molecule has 0 radical (unpaired) electrons. The average Bonchev–Trinajstić information content (AvgIpc) is 1.94. The number of hydrogen-bond donors (Lipinski definition) is 0. The first-order valence-electron chi connectivity index (χ1n) is 3.29. The minimum atomic E-state index is -4.89. The smallest absolute Gasteiger partial charge is 0.239 e. The molecule has 13 heavy (non-hydrogen) atoms. The molecular formula is C7H4ClF5. The third-order valence-electron chi connectivity index (χ3n) is 1.51. The fraction of sp³-hybridized carbons (Fsp3) is 0.429. The van der Waals surface area contributed by atoms with Gasteiger partial charge in [-0.05, 0) is 6.08 Å². The van der Waals surface area contributed by atoms with E-state index in [0.29, 0.717) is 6.08 Å². The topological polar surface area (TPSA) is 0 Å². The van der Waals surface area contributed by atoms with Gasteiger partial charge in [-0.1, -0.05) is 11.6 Å². The molecule has 0 aromatic carbocycles. The lowest BCUT2D eigenvalue weighted by molar-refractivity contribution is -0.0912. The zero-order valence-corrected chi connectivity index (χ0v) is 6.89. The van der Waals surface area contributed by atoms with Crippen LogP contribution in [0.4, 0.5) is 22.0 Å². The van der Waals surface area contributed by atoms with E-state index in [-0.39, 0.29) is 5.03 Å². The van der Waals surface area contributed by atoms with E-state index in [1.807, 2.05) is 0 Å². The fourth-order valence-electron chi connectivity index (χ4n) is 0.931. The van der Waals surface area contributed by atoms with Crippen LogP contribution in [0.2, 0.25) is 0 Å². The monoisotopic (exact) mass is 218 g/mol. The summed E-state index contributed by atoms with van der Waals surface area (Å²) in [5, 5.41) is -0.332. The van der Waals surface area contributed by atoms with Crippen LogP contribution in [0.5, 0.6) is 0 Å². The Morgan fingerprint density at radius 1 is 1.38 bits per heavy atom. The zero-order chi connectivity index (χ0) is 10.2. The molecule has 0 aromatic rings. The van der Waals surface area contributed by atoms with E-state index in [4.69, 9.17) is 11.6 Å². The molecule has 0 fully saturated rings. The number of hydrogen-bond acceptors (Lipinski definition) is 0. The van der Waals surface area contributed by atoms with Gasteiger partial charge >= 0.3 is 6.18 Å². The van der Waals surface area contributed by atoms with Crippen molar-refractivity contribution in [1.82, 2.24) is 0 Å². The standard InChI is InChI=1S/C7H4ClF5/c8-3-1-4(7(11,12)13)6(10)5(9)2-3/h1,5H,2H2. The lowest BCUT2D eigenvalue weighted by atomic mass is 10.0. The van der Waals surface area contributed by atoms with Crippen molar-refractivity contribution in [1.29, 1.82) is 0 Å². The molecule has 0 saturated heterocycles. The highest BCUT2D eigenvalue weighted by molar-refractivity contribution is 6.29. The van der Waals surface area contributed by atoms with E-state index in [0.717, 1.165) is 0 Å². The molecule has 0 spiro atoms. The van der Waals surface area contributed by atoms with Gasteiger partial charge < -0.3 is 0 Å². The van der Waals surface area contributed by atoms with Crippen molar-refractivity contribution < 1.29 is 22.0 Å². The maximum atomic E-state index is 12.6. The molecule has 0 heterocycles. The molecule has 74 valence electrons. The largest absolute Gasteiger partial charge is 0.419 e. The Labute approximate surface area is 75.7 Å². The average molecular weight is 219 g/mol. The van der Waals surface area contributed by atoms with Gasteiger partial charge in [0, 0.05) is 11.5 Å². The molecule has 1 aliphatic carbocycles. The molecule has 0 aliphatic heterocycles. The van der Waals surface area contributed by atoms with Crippen molar-refractivity contribution in [2.75, 3.05) is 0 Å². The minimum absolute atomic E-state index is 0.332. The van der Waals surface area contributed by atoms with Crippen LogP contribution in [0.1, 0.15) is 6.42 Å². The first-order valence-corrected chi connectivity index (χ1v) is 3.67. The maximum absolute atomic E-state index is 12.6.